The highest BCUT2D eigenvalue weighted by molar-refractivity contribution is 6.20. The van der Waals surface area contributed by atoms with Crippen LogP contribution >= 0.6 is 11.6 Å². The van der Waals surface area contributed by atoms with Crippen molar-refractivity contribution in [1.29, 1.82) is 0 Å². The Kier molecular flexibility index (Phi) is 2.59. The fraction of sp³-hybridized carbons (Fsp3) is 0.500. The molecule has 0 N–H and O–H groups in total. The zero-order valence-corrected chi connectivity index (χ0v) is 8.72. The van der Waals surface area contributed by atoms with E-state index >= 15 is 0 Å². The highest BCUT2D eigenvalue weighted by Crippen LogP contribution is 2.38. The molecule has 1 fully saturated rings. The Morgan fingerprint density at radius 3 is 2.62 bits per heavy atom. The first-order valence-electron chi connectivity index (χ1n) is 4.97. The third-order valence-corrected chi connectivity index (χ3v) is 3.39. The van der Waals surface area contributed by atoms with Gasteiger partial charge in [-0.25, -0.2) is 0 Å². The molecule has 0 saturated heterocycles. The van der Waals surface area contributed by atoms with E-state index in [0.29, 0.717) is 11.3 Å². The number of rotatable bonds is 1. The van der Waals surface area contributed by atoms with E-state index in [-0.39, 0.29) is 0 Å². The number of aryl methyl sites for hydroxylation is 1. The first-order chi connectivity index (χ1) is 6.27. The van der Waals surface area contributed by atoms with E-state index in [9.17, 15) is 0 Å². The van der Waals surface area contributed by atoms with Crippen LogP contribution in [0.1, 0.15) is 36.3 Å². The minimum Gasteiger partial charge on any atom is -0.123 e. The van der Waals surface area contributed by atoms with E-state index in [4.69, 9.17) is 11.6 Å². The lowest BCUT2D eigenvalue weighted by atomic mass is 9.94. The minimum absolute atomic E-state index is 0.407. The fourth-order valence-electron chi connectivity index (χ4n) is 2.25. The topological polar surface area (TPSA) is 0 Å². The molecule has 1 heteroatoms. The van der Waals surface area contributed by atoms with Gasteiger partial charge in [0.1, 0.15) is 0 Å². The molecule has 13 heavy (non-hydrogen) atoms. The first kappa shape index (κ1) is 9.08. The smallest absolute Gasteiger partial charge is 0.0342 e. The van der Waals surface area contributed by atoms with Crippen molar-refractivity contribution in [3.8, 4) is 0 Å². The van der Waals surface area contributed by atoms with Gasteiger partial charge in [0.05, 0.1) is 0 Å². The number of hydrogen-bond acceptors (Lipinski definition) is 0. The van der Waals surface area contributed by atoms with Gasteiger partial charge in [-0.1, -0.05) is 24.3 Å². The highest BCUT2D eigenvalue weighted by atomic mass is 35.5. The summed E-state index contributed by atoms with van der Waals surface area (Å²) in [6, 6.07) is 8.67. The molecule has 1 aliphatic carbocycles. The zero-order valence-electron chi connectivity index (χ0n) is 7.96. The predicted molar refractivity (Wildman–Crippen MR) is 57.4 cm³/mol. The number of benzene rings is 1. The Morgan fingerprint density at radius 2 is 2.00 bits per heavy atom. The van der Waals surface area contributed by atoms with Gasteiger partial charge in [-0.3, -0.25) is 0 Å². The van der Waals surface area contributed by atoms with Gasteiger partial charge in [-0.05, 0) is 43.2 Å². The van der Waals surface area contributed by atoms with E-state index in [1.54, 1.807) is 0 Å². The monoisotopic (exact) mass is 194 g/mol. The number of hydrogen-bond donors (Lipinski definition) is 0. The van der Waals surface area contributed by atoms with E-state index in [0.717, 1.165) is 6.42 Å². The third kappa shape index (κ3) is 1.88. The van der Waals surface area contributed by atoms with Crippen LogP contribution in [0.25, 0.3) is 0 Å². The highest BCUT2D eigenvalue weighted by Gasteiger charge is 2.24. The van der Waals surface area contributed by atoms with Gasteiger partial charge in [0.25, 0.3) is 0 Å². The Morgan fingerprint density at radius 1 is 1.23 bits per heavy atom. The second-order valence-electron chi connectivity index (χ2n) is 3.96. The quantitative estimate of drug-likeness (QED) is 0.596. The van der Waals surface area contributed by atoms with E-state index in [1.165, 1.54) is 24.0 Å². The Labute approximate surface area is 84.9 Å². The van der Waals surface area contributed by atoms with Gasteiger partial charge in [-0.2, -0.15) is 0 Å². The molecule has 1 aromatic rings. The van der Waals surface area contributed by atoms with Crippen LogP contribution in [-0.2, 0) is 0 Å². The van der Waals surface area contributed by atoms with E-state index in [2.05, 4.69) is 31.2 Å². The average molecular weight is 195 g/mol. The molecule has 70 valence electrons. The van der Waals surface area contributed by atoms with Crippen LogP contribution in [0.15, 0.2) is 24.3 Å². The number of halogens is 1. The largest absolute Gasteiger partial charge is 0.123 e. The molecular weight excluding hydrogens is 180 g/mol. The van der Waals surface area contributed by atoms with Crippen molar-refractivity contribution in [1.82, 2.24) is 0 Å². The van der Waals surface area contributed by atoms with Crippen molar-refractivity contribution in [3.05, 3.63) is 35.4 Å². The zero-order chi connectivity index (χ0) is 9.26. The van der Waals surface area contributed by atoms with Crippen LogP contribution in [0.5, 0.6) is 0 Å². The summed E-state index contributed by atoms with van der Waals surface area (Å²) >= 11 is 6.11. The SMILES string of the molecule is Cc1ccccc1C1CCC(Cl)C1. The maximum atomic E-state index is 6.11. The lowest BCUT2D eigenvalue weighted by Crippen LogP contribution is -1.96. The maximum Gasteiger partial charge on any atom is 0.0342 e. The minimum atomic E-state index is 0.407. The molecule has 2 rings (SSSR count). The molecule has 0 bridgehead atoms. The van der Waals surface area contributed by atoms with Crippen LogP contribution in [-0.4, -0.2) is 5.38 Å². The van der Waals surface area contributed by atoms with Crippen molar-refractivity contribution in [2.75, 3.05) is 0 Å². The molecule has 0 amide bonds. The summed E-state index contributed by atoms with van der Waals surface area (Å²) in [5.41, 5.74) is 2.92. The standard InChI is InChI=1S/C12H15Cl/c1-9-4-2-3-5-12(9)10-6-7-11(13)8-10/h2-5,10-11H,6-8H2,1H3. The van der Waals surface area contributed by atoms with Crippen molar-refractivity contribution in [3.63, 3.8) is 0 Å². The Balaban J connectivity index is 2.21. The summed E-state index contributed by atoms with van der Waals surface area (Å²) in [6.45, 7) is 2.19. The molecule has 1 aliphatic rings. The van der Waals surface area contributed by atoms with Crippen LogP contribution < -0.4 is 0 Å². The Hall–Kier alpha value is -0.490. The molecule has 2 unspecified atom stereocenters. The summed E-state index contributed by atoms with van der Waals surface area (Å²) in [5.74, 6) is 0.712. The number of alkyl halides is 1. The summed E-state index contributed by atoms with van der Waals surface area (Å²) in [5, 5.41) is 0.407. The van der Waals surface area contributed by atoms with Crippen LogP contribution in [0, 0.1) is 6.92 Å². The van der Waals surface area contributed by atoms with Crippen LogP contribution in [0.3, 0.4) is 0 Å². The molecule has 0 radical (unpaired) electrons. The molecule has 0 nitrogen and oxygen atoms in total. The Bertz CT molecular complexity index is 293. The van der Waals surface area contributed by atoms with Gasteiger partial charge >= 0.3 is 0 Å². The van der Waals surface area contributed by atoms with E-state index in [1.807, 2.05) is 0 Å². The lowest BCUT2D eigenvalue weighted by Gasteiger charge is -2.12. The summed E-state index contributed by atoms with van der Waals surface area (Å²) in [4.78, 5) is 0. The molecule has 0 heterocycles. The fourth-order valence-corrected chi connectivity index (χ4v) is 2.59. The van der Waals surface area contributed by atoms with Gasteiger partial charge in [0.2, 0.25) is 0 Å². The lowest BCUT2D eigenvalue weighted by molar-refractivity contribution is 0.719. The van der Waals surface area contributed by atoms with Crippen LogP contribution in [0.2, 0.25) is 0 Å². The molecule has 0 spiro atoms. The molecule has 2 atom stereocenters. The van der Waals surface area contributed by atoms with Gasteiger partial charge in [-0.15, -0.1) is 11.6 Å². The predicted octanol–water partition coefficient (Wildman–Crippen LogP) is 3.87. The summed E-state index contributed by atoms with van der Waals surface area (Å²) in [7, 11) is 0. The summed E-state index contributed by atoms with van der Waals surface area (Å²) < 4.78 is 0. The van der Waals surface area contributed by atoms with Crippen molar-refractivity contribution in [2.45, 2.75) is 37.5 Å². The van der Waals surface area contributed by atoms with Crippen molar-refractivity contribution < 1.29 is 0 Å². The molecule has 1 aromatic carbocycles. The molecule has 0 aliphatic heterocycles. The molecule has 0 aromatic heterocycles. The second kappa shape index (κ2) is 3.71. The third-order valence-electron chi connectivity index (χ3n) is 3.00. The van der Waals surface area contributed by atoms with Gasteiger partial charge in [0.15, 0.2) is 0 Å². The normalized spacial score (nSPS) is 27.8. The maximum absolute atomic E-state index is 6.11. The first-order valence-corrected chi connectivity index (χ1v) is 5.40. The van der Waals surface area contributed by atoms with Gasteiger partial charge in [0, 0.05) is 5.38 Å². The van der Waals surface area contributed by atoms with Crippen LogP contribution in [0.4, 0.5) is 0 Å². The molecule has 1 saturated carbocycles. The average Bonchev–Trinajstić information content (AvgIpc) is 2.53. The van der Waals surface area contributed by atoms with Gasteiger partial charge < -0.3 is 0 Å². The van der Waals surface area contributed by atoms with Crippen molar-refractivity contribution >= 4 is 11.6 Å². The summed E-state index contributed by atoms with van der Waals surface area (Å²) in [6.07, 6.45) is 3.60. The molecular formula is C12H15Cl. The second-order valence-corrected chi connectivity index (χ2v) is 4.58. The van der Waals surface area contributed by atoms with E-state index < -0.39 is 0 Å². The van der Waals surface area contributed by atoms with Crippen molar-refractivity contribution in [2.24, 2.45) is 0 Å².